The second kappa shape index (κ2) is 9.12. The highest BCUT2D eigenvalue weighted by atomic mass is 32.1. The summed E-state index contributed by atoms with van der Waals surface area (Å²) < 4.78 is 5.27. The highest BCUT2D eigenvalue weighted by Crippen LogP contribution is 2.38. The van der Waals surface area contributed by atoms with Gasteiger partial charge in [-0.05, 0) is 51.3 Å². The SMILES string of the molecule is CCOC(=O)c1c(Nc2nc3ccccc3nc2N2CCC(C(=O)[O-])CC2)sc(C)c1C. The lowest BCUT2D eigenvalue weighted by Crippen LogP contribution is -2.41. The lowest BCUT2D eigenvalue weighted by atomic mass is 9.97. The first-order chi connectivity index (χ1) is 15.4. The van der Waals surface area contributed by atoms with Crippen molar-refractivity contribution in [2.45, 2.75) is 33.6 Å². The Bertz CT molecular complexity index is 1170. The smallest absolute Gasteiger partial charge is 0.341 e. The van der Waals surface area contributed by atoms with Crippen molar-refractivity contribution in [1.82, 2.24) is 9.97 Å². The number of aromatic nitrogens is 2. The normalized spacial score (nSPS) is 14.5. The molecule has 1 aliphatic rings. The van der Waals surface area contributed by atoms with Crippen molar-refractivity contribution in [3.05, 3.63) is 40.3 Å². The monoisotopic (exact) mass is 453 g/mol. The van der Waals surface area contributed by atoms with Crippen LogP contribution in [0.15, 0.2) is 24.3 Å². The number of para-hydroxylation sites is 2. The second-order valence-corrected chi connectivity index (χ2v) is 9.02. The van der Waals surface area contributed by atoms with E-state index < -0.39 is 11.9 Å². The molecule has 2 aromatic heterocycles. The number of carboxylic acid groups (broad SMARTS) is 1. The third kappa shape index (κ3) is 4.25. The first-order valence-corrected chi connectivity index (χ1v) is 11.5. The van der Waals surface area contributed by atoms with Crippen molar-refractivity contribution in [3.63, 3.8) is 0 Å². The van der Waals surface area contributed by atoms with Crippen molar-refractivity contribution >= 4 is 50.9 Å². The van der Waals surface area contributed by atoms with Crippen LogP contribution in [0.5, 0.6) is 0 Å². The summed E-state index contributed by atoms with van der Waals surface area (Å²) in [5, 5.41) is 15.3. The molecule has 1 saturated heterocycles. The predicted octanol–water partition coefficient (Wildman–Crippen LogP) is 3.19. The highest BCUT2D eigenvalue weighted by molar-refractivity contribution is 7.16. The summed E-state index contributed by atoms with van der Waals surface area (Å²) in [6.07, 6.45) is 0.975. The molecule has 0 unspecified atom stereocenters. The number of piperidine rings is 1. The van der Waals surface area contributed by atoms with Crippen LogP contribution >= 0.6 is 11.3 Å². The third-order valence-electron chi connectivity index (χ3n) is 5.78. The number of nitrogens with one attached hydrogen (secondary N) is 1. The Hall–Kier alpha value is -3.20. The molecule has 0 spiro atoms. The zero-order valence-corrected chi connectivity index (χ0v) is 19.1. The van der Waals surface area contributed by atoms with Gasteiger partial charge in [0.25, 0.3) is 0 Å². The van der Waals surface area contributed by atoms with E-state index in [1.54, 1.807) is 6.92 Å². The summed E-state index contributed by atoms with van der Waals surface area (Å²) >= 11 is 1.47. The van der Waals surface area contributed by atoms with Crippen LogP contribution in [0.4, 0.5) is 16.6 Å². The summed E-state index contributed by atoms with van der Waals surface area (Å²) in [5.41, 5.74) is 2.86. The maximum Gasteiger partial charge on any atom is 0.341 e. The molecule has 1 aliphatic heterocycles. The summed E-state index contributed by atoms with van der Waals surface area (Å²) in [7, 11) is 0. The van der Waals surface area contributed by atoms with Crippen LogP contribution in [0.1, 0.15) is 40.6 Å². The van der Waals surface area contributed by atoms with E-state index in [0.717, 1.165) is 21.5 Å². The average molecular weight is 454 g/mol. The zero-order valence-electron chi connectivity index (χ0n) is 18.3. The van der Waals surface area contributed by atoms with E-state index in [9.17, 15) is 14.7 Å². The van der Waals surface area contributed by atoms with E-state index in [2.05, 4.69) is 5.32 Å². The quantitative estimate of drug-likeness (QED) is 0.567. The van der Waals surface area contributed by atoms with Crippen LogP contribution in [0.3, 0.4) is 0 Å². The fraction of sp³-hybridized carbons (Fsp3) is 0.391. The molecule has 0 bridgehead atoms. The summed E-state index contributed by atoms with van der Waals surface area (Å²) in [6.45, 7) is 7.01. The molecule has 4 rings (SSSR count). The van der Waals surface area contributed by atoms with Crippen LogP contribution in [0.2, 0.25) is 0 Å². The largest absolute Gasteiger partial charge is 0.550 e. The number of hydrogen-bond donors (Lipinski definition) is 1. The number of aliphatic carboxylic acids is 1. The molecule has 0 atom stereocenters. The Kier molecular flexibility index (Phi) is 6.27. The Morgan fingerprint density at radius 2 is 1.84 bits per heavy atom. The number of esters is 1. The molecule has 32 heavy (non-hydrogen) atoms. The second-order valence-electron chi connectivity index (χ2n) is 7.80. The van der Waals surface area contributed by atoms with Crippen LogP contribution < -0.4 is 15.3 Å². The molecule has 0 saturated carbocycles. The average Bonchev–Trinajstić information content (AvgIpc) is 3.06. The number of carbonyl (C=O) groups excluding carboxylic acids is 2. The minimum Gasteiger partial charge on any atom is -0.550 e. The highest BCUT2D eigenvalue weighted by Gasteiger charge is 2.26. The zero-order chi connectivity index (χ0) is 22.8. The number of nitrogens with zero attached hydrogens (tertiary/aromatic N) is 3. The van der Waals surface area contributed by atoms with Gasteiger partial charge in [-0.3, -0.25) is 0 Å². The fourth-order valence-corrected chi connectivity index (χ4v) is 4.94. The molecule has 1 aromatic carbocycles. The Labute approximate surface area is 190 Å². The molecule has 3 heterocycles. The number of thiophene rings is 1. The number of carbonyl (C=O) groups is 2. The van der Waals surface area contributed by atoms with Gasteiger partial charge in [0, 0.05) is 29.9 Å². The van der Waals surface area contributed by atoms with Crippen molar-refractivity contribution < 1.29 is 19.4 Å². The number of benzene rings is 1. The van der Waals surface area contributed by atoms with E-state index in [-0.39, 0.29) is 5.97 Å². The summed E-state index contributed by atoms with van der Waals surface area (Å²) in [6, 6.07) is 7.58. The van der Waals surface area contributed by atoms with Gasteiger partial charge in [-0.25, -0.2) is 14.8 Å². The number of aryl methyl sites for hydroxylation is 1. The van der Waals surface area contributed by atoms with Crippen molar-refractivity contribution in [2.24, 2.45) is 5.92 Å². The van der Waals surface area contributed by atoms with Gasteiger partial charge < -0.3 is 24.9 Å². The number of fused-ring (bicyclic) bond motifs is 1. The van der Waals surface area contributed by atoms with Gasteiger partial charge in [-0.15, -0.1) is 11.3 Å². The summed E-state index contributed by atoms with van der Waals surface area (Å²) in [5.74, 6) is -0.659. The van der Waals surface area contributed by atoms with Gasteiger partial charge >= 0.3 is 5.97 Å². The van der Waals surface area contributed by atoms with Crippen LogP contribution in [0, 0.1) is 19.8 Å². The molecule has 0 aliphatic carbocycles. The van der Waals surface area contributed by atoms with Crippen LogP contribution in [-0.4, -0.2) is 41.6 Å². The molecule has 9 heteroatoms. The predicted molar refractivity (Wildman–Crippen MR) is 123 cm³/mol. The van der Waals surface area contributed by atoms with E-state index in [4.69, 9.17) is 14.7 Å². The van der Waals surface area contributed by atoms with Gasteiger partial charge in [-0.1, -0.05) is 12.1 Å². The summed E-state index contributed by atoms with van der Waals surface area (Å²) in [4.78, 5) is 36.6. The Morgan fingerprint density at radius 3 is 2.47 bits per heavy atom. The van der Waals surface area contributed by atoms with Gasteiger partial charge in [-0.2, -0.15) is 0 Å². The first-order valence-electron chi connectivity index (χ1n) is 10.7. The lowest BCUT2D eigenvalue weighted by molar-refractivity contribution is -0.312. The molecular weight excluding hydrogens is 428 g/mol. The van der Waals surface area contributed by atoms with Crippen molar-refractivity contribution in [2.75, 3.05) is 29.9 Å². The molecule has 1 N–H and O–H groups in total. The maximum atomic E-state index is 12.6. The van der Waals surface area contributed by atoms with E-state index in [1.807, 2.05) is 43.0 Å². The Balaban J connectivity index is 1.74. The number of hydrogen-bond acceptors (Lipinski definition) is 9. The van der Waals surface area contributed by atoms with E-state index in [0.29, 0.717) is 54.7 Å². The van der Waals surface area contributed by atoms with Gasteiger partial charge in [0.05, 0.1) is 23.2 Å². The van der Waals surface area contributed by atoms with Gasteiger partial charge in [0.15, 0.2) is 11.6 Å². The van der Waals surface area contributed by atoms with E-state index >= 15 is 0 Å². The number of anilines is 3. The molecule has 1 fully saturated rings. The first kappa shape index (κ1) is 22.0. The number of carboxylic acids is 1. The Morgan fingerprint density at radius 1 is 1.19 bits per heavy atom. The van der Waals surface area contributed by atoms with Crippen LogP contribution in [0.25, 0.3) is 11.0 Å². The topological polar surface area (TPSA) is 107 Å². The molecule has 0 radical (unpaired) electrons. The van der Waals surface area contributed by atoms with E-state index in [1.165, 1.54) is 11.3 Å². The molecule has 8 nitrogen and oxygen atoms in total. The molecule has 3 aromatic rings. The number of rotatable bonds is 6. The maximum absolute atomic E-state index is 12.6. The van der Waals surface area contributed by atoms with Crippen molar-refractivity contribution in [1.29, 1.82) is 0 Å². The minimum absolute atomic E-state index is 0.293. The van der Waals surface area contributed by atoms with Gasteiger partial charge in [0.1, 0.15) is 5.00 Å². The lowest BCUT2D eigenvalue weighted by Gasteiger charge is -2.34. The standard InChI is InChI=1S/C23H26N4O4S/c1-4-31-23(30)18-13(2)14(3)32-21(18)26-19-20(25-17-8-6-5-7-16(17)24-19)27-11-9-15(10-12-27)22(28)29/h5-8,15H,4,9-12H2,1-3H3,(H,24,26)(H,28,29)/p-1. The minimum atomic E-state index is -1.00. The van der Waals surface area contributed by atoms with Gasteiger partial charge in [0.2, 0.25) is 0 Å². The molecule has 0 amide bonds. The third-order valence-corrected chi connectivity index (χ3v) is 6.90. The van der Waals surface area contributed by atoms with Crippen LogP contribution in [-0.2, 0) is 9.53 Å². The molecule has 168 valence electrons. The molecular formula is C23H25N4O4S-. The number of ether oxygens (including phenoxy) is 1. The fourth-order valence-electron chi connectivity index (χ4n) is 3.89. The van der Waals surface area contributed by atoms with Crippen molar-refractivity contribution in [3.8, 4) is 0 Å².